The zero-order valence-corrected chi connectivity index (χ0v) is 8.14. The molecule has 1 aliphatic rings. The normalized spacial score (nSPS) is 18.5. The SMILES string of the molecule is COCCOCC1(CC(=N)N)CC1. The molecule has 4 heteroatoms. The fraction of sp³-hybridized carbons (Fsp3) is 0.889. The van der Waals surface area contributed by atoms with Crippen LogP contribution in [0.15, 0.2) is 0 Å². The topological polar surface area (TPSA) is 68.3 Å². The monoisotopic (exact) mass is 186 g/mol. The number of ether oxygens (including phenoxy) is 2. The van der Waals surface area contributed by atoms with E-state index < -0.39 is 0 Å². The van der Waals surface area contributed by atoms with Crippen LogP contribution < -0.4 is 5.73 Å². The van der Waals surface area contributed by atoms with Crippen molar-refractivity contribution < 1.29 is 9.47 Å². The zero-order chi connectivity index (χ0) is 9.73. The molecule has 0 spiro atoms. The molecule has 0 aliphatic heterocycles. The maximum atomic E-state index is 7.20. The van der Waals surface area contributed by atoms with Crippen LogP contribution in [0.3, 0.4) is 0 Å². The first kappa shape index (κ1) is 10.5. The van der Waals surface area contributed by atoms with Crippen molar-refractivity contribution in [3.05, 3.63) is 0 Å². The summed E-state index contributed by atoms with van der Waals surface area (Å²) in [7, 11) is 1.66. The van der Waals surface area contributed by atoms with E-state index >= 15 is 0 Å². The molecule has 0 bridgehead atoms. The lowest BCUT2D eigenvalue weighted by atomic mass is 10.0. The van der Waals surface area contributed by atoms with Gasteiger partial charge in [0.25, 0.3) is 0 Å². The predicted octanol–water partition coefficient (Wildman–Crippen LogP) is 0.756. The number of amidine groups is 1. The molecule has 13 heavy (non-hydrogen) atoms. The van der Waals surface area contributed by atoms with Gasteiger partial charge in [-0.1, -0.05) is 0 Å². The van der Waals surface area contributed by atoms with E-state index in [0.717, 1.165) is 19.4 Å². The molecule has 0 heterocycles. The van der Waals surface area contributed by atoms with Crippen molar-refractivity contribution in [2.75, 3.05) is 26.9 Å². The molecule has 3 N–H and O–H groups in total. The molecular weight excluding hydrogens is 168 g/mol. The van der Waals surface area contributed by atoms with Crippen LogP contribution in [0, 0.1) is 10.8 Å². The second-order valence-corrected chi connectivity index (χ2v) is 3.75. The molecule has 0 aromatic rings. The van der Waals surface area contributed by atoms with Gasteiger partial charge in [0.1, 0.15) is 0 Å². The van der Waals surface area contributed by atoms with Crippen molar-refractivity contribution in [1.82, 2.24) is 0 Å². The molecule has 76 valence electrons. The van der Waals surface area contributed by atoms with Gasteiger partial charge in [-0.25, -0.2) is 0 Å². The highest BCUT2D eigenvalue weighted by Crippen LogP contribution is 2.48. The van der Waals surface area contributed by atoms with Gasteiger partial charge in [0.2, 0.25) is 0 Å². The maximum absolute atomic E-state index is 7.20. The molecule has 1 fully saturated rings. The molecule has 0 saturated heterocycles. The van der Waals surface area contributed by atoms with Crippen molar-refractivity contribution >= 4 is 5.84 Å². The quantitative estimate of drug-likeness (QED) is 0.350. The fourth-order valence-electron chi connectivity index (χ4n) is 1.38. The Morgan fingerprint density at radius 2 is 2.15 bits per heavy atom. The third-order valence-corrected chi connectivity index (χ3v) is 2.36. The van der Waals surface area contributed by atoms with Crippen molar-refractivity contribution in [2.24, 2.45) is 11.1 Å². The van der Waals surface area contributed by atoms with Crippen molar-refractivity contribution in [1.29, 1.82) is 5.41 Å². The average molecular weight is 186 g/mol. The molecule has 0 atom stereocenters. The van der Waals surface area contributed by atoms with E-state index in [1.54, 1.807) is 7.11 Å². The van der Waals surface area contributed by atoms with Crippen LogP contribution in [0.25, 0.3) is 0 Å². The van der Waals surface area contributed by atoms with E-state index in [0.29, 0.717) is 19.6 Å². The number of hydrogen-bond acceptors (Lipinski definition) is 3. The summed E-state index contributed by atoms with van der Waals surface area (Å²) in [5.74, 6) is 0.271. The summed E-state index contributed by atoms with van der Waals surface area (Å²) in [5, 5.41) is 7.20. The second-order valence-electron chi connectivity index (χ2n) is 3.75. The highest BCUT2D eigenvalue weighted by Gasteiger charge is 2.43. The molecule has 4 nitrogen and oxygen atoms in total. The van der Waals surface area contributed by atoms with Crippen LogP contribution in [0.4, 0.5) is 0 Å². The summed E-state index contributed by atoms with van der Waals surface area (Å²) in [6.45, 7) is 1.99. The number of hydrogen-bond donors (Lipinski definition) is 2. The Morgan fingerprint density at radius 3 is 2.62 bits per heavy atom. The lowest BCUT2D eigenvalue weighted by Crippen LogP contribution is -2.21. The van der Waals surface area contributed by atoms with Gasteiger partial charge in [-0.15, -0.1) is 0 Å². The Morgan fingerprint density at radius 1 is 1.46 bits per heavy atom. The highest BCUT2D eigenvalue weighted by molar-refractivity contribution is 5.78. The first-order valence-corrected chi connectivity index (χ1v) is 4.58. The minimum Gasteiger partial charge on any atom is -0.388 e. The Bertz CT molecular complexity index is 178. The molecule has 0 amide bonds. The van der Waals surface area contributed by atoms with Gasteiger partial charge in [-0.3, -0.25) is 5.41 Å². The first-order chi connectivity index (χ1) is 6.18. The largest absolute Gasteiger partial charge is 0.388 e. The molecule has 0 aromatic carbocycles. The number of rotatable bonds is 7. The molecular formula is C9H18N2O2. The third-order valence-electron chi connectivity index (χ3n) is 2.36. The van der Waals surface area contributed by atoms with E-state index in [9.17, 15) is 0 Å². The molecule has 1 rings (SSSR count). The second kappa shape index (κ2) is 4.58. The van der Waals surface area contributed by atoms with Crippen molar-refractivity contribution in [3.63, 3.8) is 0 Å². The van der Waals surface area contributed by atoms with Gasteiger partial charge in [0.15, 0.2) is 0 Å². The average Bonchev–Trinajstić information content (AvgIpc) is 2.78. The molecule has 1 aliphatic carbocycles. The third kappa shape index (κ3) is 3.74. The van der Waals surface area contributed by atoms with Crippen LogP contribution in [0.1, 0.15) is 19.3 Å². The Balaban J connectivity index is 2.09. The number of nitrogens with one attached hydrogen (secondary N) is 1. The van der Waals surface area contributed by atoms with Gasteiger partial charge in [0, 0.05) is 18.9 Å². The van der Waals surface area contributed by atoms with Crippen LogP contribution in [-0.4, -0.2) is 32.8 Å². The first-order valence-electron chi connectivity index (χ1n) is 4.58. The highest BCUT2D eigenvalue weighted by atomic mass is 16.5. The van der Waals surface area contributed by atoms with E-state index in [2.05, 4.69) is 0 Å². The summed E-state index contributed by atoms with van der Waals surface area (Å²) in [4.78, 5) is 0. The van der Waals surface area contributed by atoms with Crippen LogP contribution in [0.2, 0.25) is 0 Å². The van der Waals surface area contributed by atoms with E-state index in [4.69, 9.17) is 20.6 Å². The number of methoxy groups -OCH3 is 1. The molecule has 0 unspecified atom stereocenters. The molecule has 1 saturated carbocycles. The summed E-state index contributed by atoms with van der Waals surface area (Å²) in [6.07, 6.45) is 2.96. The summed E-state index contributed by atoms with van der Waals surface area (Å²) in [6, 6.07) is 0. The number of nitrogens with two attached hydrogens (primary N) is 1. The van der Waals surface area contributed by atoms with E-state index in [1.807, 2.05) is 0 Å². The lowest BCUT2D eigenvalue weighted by molar-refractivity contribution is 0.0469. The fourth-order valence-corrected chi connectivity index (χ4v) is 1.38. The Labute approximate surface area is 78.9 Å². The van der Waals surface area contributed by atoms with E-state index in [1.165, 1.54) is 0 Å². The van der Waals surface area contributed by atoms with Gasteiger partial charge >= 0.3 is 0 Å². The van der Waals surface area contributed by atoms with Gasteiger partial charge in [-0.2, -0.15) is 0 Å². The Hall–Kier alpha value is -0.610. The van der Waals surface area contributed by atoms with Crippen LogP contribution in [0.5, 0.6) is 0 Å². The zero-order valence-electron chi connectivity index (χ0n) is 8.14. The maximum Gasteiger partial charge on any atom is 0.0911 e. The lowest BCUT2D eigenvalue weighted by Gasteiger charge is -2.13. The predicted molar refractivity (Wildman–Crippen MR) is 50.9 cm³/mol. The molecule has 0 aromatic heterocycles. The van der Waals surface area contributed by atoms with E-state index in [-0.39, 0.29) is 11.3 Å². The minimum absolute atomic E-state index is 0.194. The van der Waals surface area contributed by atoms with Crippen LogP contribution >= 0.6 is 0 Å². The van der Waals surface area contributed by atoms with Crippen molar-refractivity contribution in [3.8, 4) is 0 Å². The van der Waals surface area contributed by atoms with Crippen LogP contribution in [-0.2, 0) is 9.47 Å². The smallest absolute Gasteiger partial charge is 0.0911 e. The summed E-state index contributed by atoms with van der Waals surface area (Å²) in [5.41, 5.74) is 5.55. The summed E-state index contributed by atoms with van der Waals surface area (Å²) < 4.78 is 10.3. The van der Waals surface area contributed by atoms with Gasteiger partial charge in [0.05, 0.1) is 25.7 Å². The Kier molecular flexibility index (Phi) is 3.69. The molecule has 0 radical (unpaired) electrons. The standard InChI is InChI=1S/C9H18N2O2/c1-12-4-5-13-7-9(2-3-9)6-8(10)11/h2-7H2,1H3,(H3,10,11). The van der Waals surface area contributed by atoms with Crippen molar-refractivity contribution in [2.45, 2.75) is 19.3 Å². The summed E-state index contributed by atoms with van der Waals surface area (Å²) >= 11 is 0. The minimum atomic E-state index is 0.194. The van der Waals surface area contributed by atoms with Gasteiger partial charge in [-0.05, 0) is 12.8 Å². The van der Waals surface area contributed by atoms with Gasteiger partial charge < -0.3 is 15.2 Å².